The molecular weight excluding hydrogens is 686 g/mol. The summed E-state index contributed by atoms with van der Waals surface area (Å²) in [5.74, 6) is 0.713. The maximum absolute atomic E-state index is 13.5. The monoisotopic (exact) mass is 727 g/mol. The van der Waals surface area contributed by atoms with Gasteiger partial charge in [0, 0.05) is 35.9 Å². The summed E-state index contributed by atoms with van der Waals surface area (Å²) < 4.78 is 19.6. The Morgan fingerprint density at radius 3 is 2.40 bits per heavy atom. The number of pyridine rings is 1. The third kappa shape index (κ3) is 8.64. The van der Waals surface area contributed by atoms with Crippen molar-refractivity contribution in [1.82, 2.24) is 19.7 Å². The zero-order chi connectivity index (χ0) is 37.6. The summed E-state index contributed by atoms with van der Waals surface area (Å²) in [5.41, 5.74) is 4.38. The molecule has 0 spiro atoms. The highest BCUT2D eigenvalue weighted by atomic mass is 35.5. The number of carbonyl (C=O) groups excluding carboxylic acids is 2. The van der Waals surface area contributed by atoms with E-state index >= 15 is 0 Å². The Hall–Kier alpha value is -5.59. The van der Waals surface area contributed by atoms with Crippen LogP contribution in [0.2, 0.25) is 5.02 Å². The van der Waals surface area contributed by atoms with Gasteiger partial charge < -0.3 is 24.6 Å². The number of amides is 2. The highest BCUT2D eigenvalue weighted by molar-refractivity contribution is 6.31. The molecular formula is C39H42ClN5O7. The lowest BCUT2D eigenvalue weighted by Gasteiger charge is -2.17. The maximum Gasteiger partial charge on any atom is 0.337 e. The van der Waals surface area contributed by atoms with E-state index in [9.17, 15) is 14.4 Å². The molecule has 52 heavy (non-hydrogen) atoms. The van der Waals surface area contributed by atoms with E-state index in [1.165, 1.54) is 11.7 Å². The van der Waals surface area contributed by atoms with Gasteiger partial charge in [-0.05, 0) is 54.8 Å². The summed E-state index contributed by atoms with van der Waals surface area (Å²) in [4.78, 5) is 38.9. The first kappa shape index (κ1) is 37.7. The summed E-state index contributed by atoms with van der Waals surface area (Å²) in [7, 11) is 1.30. The third-order valence-corrected chi connectivity index (χ3v) is 8.60. The molecule has 0 radical (unpaired) electrons. The topological polar surface area (TPSA) is 146 Å². The van der Waals surface area contributed by atoms with Gasteiger partial charge >= 0.3 is 12.0 Å². The van der Waals surface area contributed by atoms with Crippen molar-refractivity contribution >= 4 is 29.4 Å². The van der Waals surface area contributed by atoms with E-state index in [2.05, 4.69) is 10.6 Å². The van der Waals surface area contributed by atoms with Crippen LogP contribution in [0.1, 0.15) is 59.2 Å². The number of halogens is 1. The minimum absolute atomic E-state index is 0.0787. The van der Waals surface area contributed by atoms with Gasteiger partial charge in [-0.3, -0.25) is 14.7 Å². The van der Waals surface area contributed by atoms with Crippen LogP contribution in [0.15, 0.2) is 83.7 Å². The van der Waals surface area contributed by atoms with Crippen molar-refractivity contribution in [2.24, 2.45) is 0 Å². The number of hydrogen-bond donors (Lipinski definition) is 3. The third-order valence-electron chi connectivity index (χ3n) is 8.25. The van der Waals surface area contributed by atoms with Crippen LogP contribution in [-0.4, -0.2) is 51.8 Å². The fourth-order valence-electron chi connectivity index (χ4n) is 5.45. The fraction of sp³-hybridized carbons (Fsp3) is 0.282. The predicted molar refractivity (Wildman–Crippen MR) is 199 cm³/mol. The lowest BCUT2D eigenvalue weighted by Crippen LogP contribution is -2.29. The predicted octanol–water partition coefficient (Wildman–Crippen LogP) is 6.65. The lowest BCUT2D eigenvalue weighted by atomic mass is 9.92. The van der Waals surface area contributed by atoms with Crippen molar-refractivity contribution in [3.63, 3.8) is 0 Å². The number of nitrogens with one attached hydrogen (secondary N) is 2. The minimum atomic E-state index is -0.517. The molecule has 2 aromatic heterocycles. The number of urea groups is 1. The molecule has 0 aliphatic rings. The molecule has 2 amide bonds. The number of aliphatic hydroxyl groups is 1. The Bertz CT molecular complexity index is 2150. The largest absolute Gasteiger partial charge is 0.491 e. The normalized spacial score (nSPS) is 11.2. The fourth-order valence-corrected chi connectivity index (χ4v) is 5.64. The average molecular weight is 728 g/mol. The number of hydrogen-bond acceptors (Lipinski definition) is 8. The number of ether oxygens (including phenoxy) is 3. The van der Waals surface area contributed by atoms with Crippen LogP contribution < -0.4 is 25.7 Å². The highest BCUT2D eigenvalue weighted by Gasteiger charge is 2.22. The quantitative estimate of drug-likeness (QED) is 0.121. The van der Waals surface area contributed by atoms with Gasteiger partial charge in [0.1, 0.15) is 35.6 Å². The van der Waals surface area contributed by atoms with E-state index < -0.39 is 17.6 Å². The van der Waals surface area contributed by atoms with Crippen LogP contribution in [0.4, 0.5) is 10.6 Å². The lowest BCUT2D eigenvalue weighted by molar-refractivity contribution is 0.0600. The van der Waals surface area contributed by atoms with Gasteiger partial charge in [-0.25, -0.2) is 14.3 Å². The van der Waals surface area contributed by atoms with Crippen LogP contribution in [0.3, 0.4) is 0 Å². The number of benzene rings is 3. The summed E-state index contributed by atoms with van der Waals surface area (Å²) in [6.45, 7) is 10.00. The zero-order valence-electron chi connectivity index (χ0n) is 30.0. The molecule has 272 valence electrons. The summed E-state index contributed by atoms with van der Waals surface area (Å²) in [5, 5.41) is 19.7. The van der Waals surface area contributed by atoms with Crippen LogP contribution in [-0.2, 0) is 23.3 Å². The second-order valence-corrected chi connectivity index (χ2v) is 13.5. The van der Waals surface area contributed by atoms with Gasteiger partial charge in [-0.15, -0.1) is 0 Å². The number of aliphatic hydroxyl groups excluding tert-OH is 1. The first-order valence-electron chi connectivity index (χ1n) is 16.6. The van der Waals surface area contributed by atoms with Crippen molar-refractivity contribution in [1.29, 1.82) is 0 Å². The Labute approximate surface area is 306 Å². The molecule has 12 nitrogen and oxygen atoms in total. The van der Waals surface area contributed by atoms with Gasteiger partial charge in [0.15, 0.2) is 0 Å². The number of aryl methyl sites for hydroxylation is 2. The van der Waals surface area contributed by atoms with E-state index in [1.807, 2.05) is 70.2 Å². The molecule has 0 saturated carbocycles. The Morgan fingerprint density at radius 1 is 0.942 bits per heavy atom. The molecule has 2 heterocycles. The standard InChI is InChI=1S/C39H42ClN5O7/c1-24-14-15-26(37(48)50-6)19-31(24)44-25(2)18-32(35(40)36(44)47)52-23-28-11-8-7-10-27(28)22-41-38(49)42-34-21-33(39(3,4)5)43-45(34)29-12-9-13-30(20-29)51-17-16-46/h7-15,18-21,46H,16-17,22-23H2,1-6H3,(H2,41,42,49). The van der Waals surface area contributed by atoms with Crippen LogP contribution >= 0.6 is 11.6 Å². The van der Waals surface area contributed by atoms with E-state index in [0.717, 1.165) is 22.4 Å². The Kier molecular flexibility index (Phi) is 11.7. The van der Waals surface area contributed by atoms with Crippen molar-refractivity contribution in [2.45, 2.75) is 53.2 Å². The van der Waals surface area contributed by atoms with E-state index in [1.54, 1.807) is 48.0 Å². The average Bonchev–Trinajstić information content (AvgIpc) is 3.56. The van der Waals surface area contributed by atoms with Crippen molar-refractivity contribution < 1.29 is 28.9 Å². The number of anilines is 1. The van der Waals surface area contributed by atoms with E-state index in [-0.39, 0.29) is 42.6 Å². The molecule has 0 aliphatic carbocycles. The minimum Gasteiger partial charge on any atom is -0.491 e. The van der Waals surface area contributed by atoms with Gasteiger partial charge in [-0.2, -0.15) is 5.10 Å². The number of esters is 1. The summed E-state index contributed by atoms with van der Waals surface area (Å²) >= 11 is 6.57. The molecule has 0 fully saturated rings. The van der Waals surface area contributed by atoms with E-state index in [0.29, 0.717) is 34.2 Å². The molecule has 5 aromatic rings. The number of aromatic nitrogens is 3. The number of methoxy groups -OCH3 is 1. The van der Waals surface area contributed by atoms with Gasteiger partial charge in [0.2, 0.25) is 0 Å². The smallest absolute Gasteiger partial charge is 0.337 e. The Morgan fingerprint density at radius 2 is 1.69 bits per heavy atom. The summed E-state index contributed by atoms with van der Waals surface area (Å²) in [6.07, 6.45) is 0. The van der Waals surface area contributed by atoms with Crippen molar-refractivity contribution in [2.75, 3.05) is 25.6 Å². The highest BCUT2D eigenvalue weighted by Crippen LogP contribution is 2.29. The molecule has 13 heteroatoms. The molecule has 0 aliphatic heterocycles. The number of nitrogens with zero attached hydrogens (tertiary/aromatic N) is 3. The second kappa shape index (κ2) is 16.2. The number of rotatable bonds is 12. The van der Waals surface area contributed by atoms with Crippen LogP contribution in [0.25, 0.3) is 11.4 Å². The molecule has 3 aromatic carbocycles. The molecule has 3 N–H and O–H groups in total. The molecule has 0 bridgehead atoms. The van der Waals surface area contributed by atoms with Crippen LogP contribution in [0.5, 0.6) is 11.5 Å². The molecule has 0 saturated heterocycles. The van der Waals surface area contributed by atoms with Gasteiger partial charge in [0.25, 0.3) is 5.56 Å². The first-order valence-corrected chi connectivity index (χ1v) is 17.0. The molecule has 0 atom stereocenters. The molecule has 5 rings (SSSR count). The van der Waals surface area contributed by atoms with E-state index in [4.69, 9.17) is 36.0 Å². The Balaban J connectivity index is 1.31. The van der Waals surface area contributed by atoms with Crippen LogP contribution in [0, 0.1) is 13.8 Å². The second-order valence-electron chi connectivity index (χ2n) is 13.1. The molecule has 0 unspecified atom stereocenters. The zero-order valence-corrected chi connectivity index (χ0v) is 30.7. The van der Waals surface area contributed by atoms with Crippen molar-refractivity contribution in [3.05, 3.63) is 128 Å². The first-order chi connectivity index (χ1) is 24.8. The van der Waals surface area contributed by atoms with Crippen molar-refractivity contribution in [3.8, 4) is 22.9 Å². The summed E-state index contributed by atoms with van der Waals surface area (Å²) in [6, 6.07) is 22.7. The van der Waals surface area contributed by atoms with Gasteiger partial charge in [0.05, 0.1) is 36.3 Å². The SMILES string of the molecule is COC(=O)c1ccc(C)c(-n2c(C)cc(OCc3ccccc3CNC(=O)Nc3cc(C(C)(C)C)nn3-c3cccc(OCCO)c3)c(Cl)c2=O)c1. The van der Waals surface area contributed by atoms with Gasteiger partial charge in [-0.1, -0.05) is 68.8 Å². The number of carbonyl (C=O) groups is 2. The maximum atomic E-state index is 13.5.